The second kappa shape index (κ2) is 6.26. The van der Waals surface area contributed by atoms with Crippen LogP contribution in [-0.4, -0.2) is 50.1 Å². The molecule has 1 atom stereocenters. The molecule has 1 aromatic heterocycles. The summed E-state index contributed by atoms with van der Waals surface area (Å²) in [7, 11) is 0.283. The van der Waals surface area contributed by atoms with E-state index in [0.717, 1.165) is 12.1 Å². The molecule has 0 aliphatic carbocycles. The van der Waals surface area contributed by atoms with E-state index in [2.05, 4.69) is 5.32 Å². The number of nitrogens with one attached hydrogen (secondary N) is 1. The predicted molar refractivity (Wildman–Crippen MR) is 77.0 cm³/mol. The molecule has 2 rings (SSSR count). The molecule has 0 radical (unpaired) electrons. The third kappa shape index (κ3) is 3.06. The highest BCUT2D eigenvalue weighted by molar-refractivity contribution is 7.89. The summed E-state index contributed by atoms with van der Waals surface area (Å²) in [6, 6.07) is 1.74. The first-order valence-corrected chi connectivity index (χ1v) is 8.34. The van der Waals surface area contributed by atoms with Gasteiger partial charge in [-0.15, -0.1) is 0 Å². The highest BCUT2D eigenvalue weighted by Gasteiger charge is 2.31. The van der Waals surface area contributed by atoms with Gasteiger partial charge in [0.15, 0.2) is 0 Å². The molecule has 1 aliphatic heterocycles. The van der Waals surface area contributed by atoms with Crippen LogP contribution in [0.5, 0.6) is 0 Å². The van der Waals surface area contributed by atoms with E-state index in [1.807, 2.05) is 25.6 Å². The Hall–Kier alpha value is -0.890. The minimum Gasteiger partial charge on any atom is -0.375 e. The van der Waals surface area contributed by atoms with Crippen LogP contribution in [-0.2, 0) is 28.4 Å². The van der Waals surface area contributed by atoms with Gasteiger partial charge in [-0.05, 0) is 19.5 Å². The molecule has 20 heavy (non-hydrogen) atoms. The SMILES string of the molecule is CCC1CN(S(=O)(=O)c2cc(CNC)n(C)c2)CCO1. The number of hydrogen-bond acceptors (Lipinski definition) is 4. The van der Waals surface area contributed by atoms with Crippen molar-refractivity contribution in [1.29, 1.82) is 0 Å². The highest BCUT2D eigenvalue weighted by atomic mass is 32.2. The highest BCUT2D eigenvalue weighted by Crippen LogP contribution is 2.21. The average molecular weight is 301 g/mol. The molecule has 1 aliphatic rings. The van der Waals surface area contributed by atoms with Gasteiger partial charge in [0.05, 0.1) is 12.7 Å². The van der Waals surface area contributed by atoms with E-state index >= 15 is 0 Å². The van der Waals surface area contributed by atoms with Gasteiger partial charge < -0.3 is 14.6 Å². The largest absolute Gasteiger partial charge is 0.375 e. The molecule has 6 nitrogen and oxygen atoms in total. The van der Waals surface area contributed by atoms with Crippen molar-refractivity contribution in [1.82, 2.24) is 14.2 Å². The summed E-state index contributed by atoms with van der Waals surface area (Å²) < 4.78 is 34.2. The standard InChI is InChI=1S/C13H23N3O3S/c1-4-12-9-16(5-6-19-12)20(17,18)13-7-11(8-14-2)15(3)10-13/h7,10,12,14H,4-6,8-9H2,1-3H3. The van der Waals surface area contributed by atoms with Crippen molar-refractivity contribution in [3.05, 3.63) is 18.0 Å². The number of hydrogen-bond donors (Lipinski definition) is 1. The first-order chi connectivity index (χ1) is 9.48. The second-order valence-electron chi connectivity index (χ2n) is 5.07. The number of aryl methyl sites for hydroxylation is 1. The van der Waals surface area contributed by atoms with Crippen molar-refractivity contribution >= 4 is 10.0 Å². The Bertz CT molecular complexity index is 553. The van der Waals surface area contributed by atoms with E-state index in [1.54, 1.807) is 12.3 Å². The van der Waals surface area contributed by atoms with E-state index in [0.29, 0.717) is 31.1 Å². The smallest absolute Gasteiger partial charge is 0.244 e. The van der Waals surface area contributed by atoms with Gasteiger partial charge in [-0.3, -0.25) is 0 Å². The molecule has 114 valence electrons. The van der Waals surface area contributed by atoms with E-state index < -0.39 is 10.0 Å². The molecule has 1 aromatic rings. The Morgan fingerprint density at radius 2 is 2.25 bits per heavy atom. The molecular weight excluding hydrogens is 278 g/mol. The Kier molecular flexibility index (Phi) is 4.85. The number of sulfonamides is 1. The fourth-order valence-corrected chi connectivity index (χ4v) is 3.93. The monoisotopic (exact) mass is 301 g/mol. The number of aromatic nitrogens is 1. The van der Waals surface area contributed by atoms with Crippen LogP contribution in [0.25, 0.3) is 0 Å². The van der Waals surface area contributed by atoms with Crippen LogP contribution in [0, 0.1) is 0 Å². The van der Waals surface area contributed by atoms with Crippen LogP contribution in [0.3, 0.4) is 0 Å². The van der Waals surface area contributed by atoms with Crippen molar-refractivity contribution in [3.63, 3.8) is 0 Å². The summed E-state index contributed by atoms with van der Waals surface area (Å²) in [6.45, 7) is 3.99. The lowest BCUT2D eigenvalue weighted by Gasteiger charge is -2.31. The molecule has 1 N–H and O–H groups in total. The summed E-state index contributed by atoms with van der Waals surface area (Å²) in [5.41, 5.74) is 0.950. The van der Waals surface area contributed by atoms with Crippen LogP contribution in [0.15, 0.2) is 17.2 Å². The zero-order chi connectivity index (χ0) is 14.8. The molecular formula is C13H23N3O3S. The van der Waals surface area contributed by atoms with E-state index in [-0.39, 0.29) is 6.10 Å². The van der Waals surface area contributed by atoms with E-state index in [9.17, 15) is 8.42 Å². The molecule has 0 bridgehead atoms. The lowest BCUT2D eigenvalue weighted by atomic mass is 10.2. The first-order valence-electron chi connectivity index (χ1n) is 6.90. The third-order valence-electron chi connectivity index (χ3n) is 3.64. The zero-order valence-corrected chi connectivity index (χ0v) is 13.1. The van der Waals surface area contributed by atoms with Gasteiger partial charge in [-0.2, -0.15) is 4.31 Å². The lowest BCUT2D eigenvalue weighted by molar-refractivity contribution is -0.00277. The van der Waals surface area contributed by atoms with Crippen LogP contribution in [0.4, 0.5) is 0 Å². The topological polar surface area (TPSA) is 63.6 Å². The predicted octanol–water partition coefficient (Wildman–Crippen LogP) is 0.544. The minimum atomic E-state index is -3.42. The third-order valence-corrected chi connectivity index (χ3v) is 5.47. The maximum absolute atomic E-state index is 12.7. The average Bonchev–Trinajstić information content (AvgIpc) is 2.81. The quantitative estimate of drug-likeness (QED) is 0.862. The summed E-state index contributed by atoms with van der Waals surface area (Å²) in [6.07, 6.45) is 2.50. The minimum absolute atomic E-state index is 0.000911. The number of rotatable bonds is 5. The normalized spacial score (nSPS) is 21.2. The van der Waals surface area contributed by atoms with Gasteiger partial charge in [0.25, 0.3) is 0 Å². The van der Waals surface area contributed by atoms with Crippen molar-refractivity contribution in [3.8, 4) is 0 Å². The van der Waals surface area contributed by atoms with E-state index in [4.69, 9.17) is 4.74 Å². The van der Waals surface area contributed by atoms with Crippen molar-refractivity contribution in [2.24, 2.45) is 7.05 Å². The zero-order valence-electron chi connectivity index (χ0n) is 12.3. The first kappa shape index (κ1) is 15.5. The Morgan fingerprint density at radius 3 is 2.90 bits per heavy atom. The molecule has 7 heteroatoms. The van der Waals surface area contributed by atoms with Gasteiger partial charge in [0, 0.05) is 38.6 Å². The number of ether oxygens (including phenoxy) is 1. The van der Waals surface area contributed by atoms with Crippen LogP contribution < -0.4 is 5.32 Å². The van der Waals surface area contributed by atoms with Crippen molar-refractivity contribution in [2.45, 2.75) is 30.9 Å². The molecule has 0 spiro atoms. The van der Waals surface area contributed by atoms with Crippen LogP contribution >= 0.6 is 0 Å². The summed E-state index contributed by atoms with van der Waals surface area (Å²) in [5, 5.41) is 3.04. The molecule has 1 unspecified atom stereocenters. The number of nitrogens with zero attached hydrogens (tertiary/aromatic N) is 2. The summed E-state index contributed by atoms with van der Waals surface area (Å²) in [5.74, 6) is 0. The maximum atomic E-state index is 12.7. The summed E-state index contributed by atoms with van der Waals surface area (Å²) in [4.78, 5) is 0.363. The van der Waals surface area contributed by atoms with Crippen LogP contribution in [0.2, 0.25) is 0 Å². The molecule has 0 aromatic carbocycles. The van der Waals surface area contributed by atoms with Crippen LogP contribution in [0.1, 0.15) is 19.0 Å². The molecule has 1 saturated heterocycles. The number of morpholine rings is 1. The Labute approximate surface area is 120 Å². The lowest BCUT2D eigenvalue weighted by Crippen LogP contribution is -2.45. The fourth-order valence-electron chi connectivity index (χ4n) is 2.38. The molecule has 0 saturated carbocycles. The molecule has 2 heterocycles. The van der Waals surface area contributed by atoms with E-state index in [1.165, 1.54) is 4.31 Å². The Balaban J connectivity index is 2.23. The molecule has 0 amide bonds. The van der Waals surface area contributed by atoms with Gasteiger partial charge in [0.2, 0.25) is 10.0 Å². The Morgan fingerprint density at radius 1 is 1.50 bits per heavy atom. The second-order valence-corrected chi connectivity index (χ2v) is 7.01. The fraction of sp³-hybridized carbons (Fsp3) is 0.692. The van der Waals surface area contributed by atoms with Gasteiger partial charge in [-0.1, -0.05) is 6.92 Å². The maximum Gasteiger partial charge on any atom is 0.244 e. The van der Waals surface area contributed by atoms with Crippen molar-refractivity contribution in [2.75, 3.05) is 26.7 Å². The summed E-state index contributed by atoms with van der Waals surface area (Å²) >= 11 is 0. The molecule has 1 fully saturated rings. The van der Waals surface area contributed by atoms with Gasteiger partial charge >= 0.3 is 0 Å². The van der Waals surface area contributed by atoms with Gasteiger partial charge in [-0.25, -0.2) is 8.42 Å². The van der Waals surface area contributed by atoms with Crippen molar-refractivity contribution < 1.29 is 13.2 Å². The van der Waals surface area contributed by atoms with Gasteiger partial charge in [0.1, 0.15) is 4.90 Å².